The average molecular weight is 588 g/mol. The van der Waals surface area contributed by atoms with Crippen molar-refractivity contribution in [3.8, 4) is 0 Å². The highest BCUT2D eigenvalue weighted by molar-refractivity contribution is 7.86. The number of hydrogen-bond acceptors (Lipinski definition) is 7. The zero-order valence-corrected chi connectivity index (χ0v) is 25.6. The number of carbonyl (C=O) groups excluding carboxylic acids is 3. The molecule has 3 N–H and O–H groups in total. The first-order valence-corrected chi connectivity index (χ1v) is 15.1. The minimum Gasteiger partial charge on any atom is -0.444 e. The van der Waals surface area contributed by atoms with Crippen LogP contribution in [-0.4, -0.2) is 61.9 Å². The van der Waals surface area contributed by atoms with Crippen molar-refractivity contribution in [1.82, 2.24) is 16.0 Å². The summed E-state index contributed by atoms with van der Waals surface area (Å²) in [7, 11) is -4.88. The summed E-state index contributed by atoms with van der Waals surface area (Å²) in [6.45, 7) is 14.1. The van der Waals surface area contributed by atoms with Gasteiger partial charge in [0.2, 0.25) is 11.8 Å². The molecule has 0 aliphatic rings. The fourth-order valence-electron chi connectivity index (χ4n) is 3.94. The molecule has 3 amide bonds. The van der Waals surface area contributed by atoms with Crippen molar-refractivity contribution in [2.24, 2.45) is 11.8 Å². The van der Waals surface area contributed by atoms with E-state index < -0.39 is 63.7 Å². The second-order valence-corrected chi connectivity index (χ2v) is 12.9. The lowest BCUT2D eigenvalue weighted by atomic mass is 9.97. The van der Waals surface area contributed by atoms with Crippen LogP contribution in [0.5, 0.6) is 0 Å². The van der Waals surface area contributed by atoms with Crippen molar-refractivity contribution in [3.63, 3.8) is 0 Å². The molecule has 1 aromatic rings. The molecule has 228 valence electrons. The molecule has 0 heterocycles. The van der Waals surface area contributed by atoms with Crippen LogP contribution in [0.3, 0.4) is 0 Å². The third-order valence-corrected chi connectivity index (χ3v) is 6.88. The maximum absolute atomic E-state index is 13.6. The fraction of sp³-hybridized carbons (Fsp3) is 0.679. The maximum Gasteiger partial charge on any atom is 0.408 e. The first-order valence-electron chi connectivity index (χ1n) is 13.6. The van der Waals surface area contributed by atoms with Gasteiger partial charge in [0.1, 0.15) is 23.4 Å². The Morgan fingerprint density at radius 1 is 0.925 bits per heavy atom. The van der Waals surface area contributed by atoms with Crippen LogP contribution in [0.4, 0.5) is 8.68 Å². The summed E-state index contributed by atoms with van der Waals surface area (Å²) in [4.78, 5) is 39.4. The molecule has 0 bridgehead atoms. The van der Waals surface area contributed by atoms with Gasteiger partial charge >= 0.3 is 16.3 Å². The van der Waals surface area contributed by atoms with Crippen LogP contribution in [0.15, 0.2) is 30.3 Å². The minimum absolute atomic E-state index is 0.0420. The molecule has 0 spiro atoms. The maximum atomic E-state index is 13.6. The van der Waals surface area contributed by atoms with Gasteiger partial charge in [-0.2, -0.15) is 8.42 Å². The molecule has 0 aliphatic carbocycles. The van der Waals surface area contributed by atoms with Crippen molar-refractivity contribution in [2.45, 2.75) is 105 Å². The number of nitrogens with one attached hydrogen (secondary N) is 3. The molecule has 5 atom stereocenters. The van der Waals surface area contributed by atoms with E-state index in [1.165, 1.54) is 0 Å². The van der Waals surface area contributed by atoms with Gasteiger partial charge in [-0.25, -0.2) is 4.79 Å². The summed E-state index contributed by atoms with van der Waals surface area (Å²) < 4.78 is 47.5. The second-order valence-electron chi connectivity index (χ2n) is 11.5. The SMILES string of the molecule is CC[C@H](C)[C@H](NC(=O)OC(C)(C)C)C(=O)N[C@H](C(=O)N[C@@H](CC(C)C)CS(=O)(=O)F)[C@@H](C)OCc1ccccc1. The smallest absolute Gasteiger partial charge is 0.408 e. The van der Waals surface area contributed by atoms with E-state index in [1.54, 1.807) is 34.6 Å². The van der Waals surface area contributed by atoms with Crippen molar-refractivity contribution < 1.29 is 36.2 Å². The van der Waals surface area contributed by atoms with Gasteiger partial charge in [0.05, 0.1) is 12.7 Å². The van der Waals surface area contributed by atoms with E-state index in [4.69, 9.17) is 9.47 Å². The summed E-state index contributed by atoms with van der Waals surface area (Å²) in [6.07, 6.45) is -0.919. The van der Waals surface area contributed by atoms with E-state index >= 15 is 0 Å². The number of rotatable bonds is 15. The summed E-state index contributed by atoms with van der Waals surface area (Å²) in [5, 5.41) is 7.84. The van der Waals surface area contributed by atoms with Crippen LogP contribution in [0, 0.1) is 11.8 Å². The van der Waals surface area contributed by atoms with Crippen LogP contribution >= 0.6 is 0 Å². The molecule has 0 saturated heterocycles. The number of halogens is 1. The first kappa shape index (κ1) is 35.3. The van der Waals surface area contributed by atoms with E-state index in [0.717, 1.165) is 5.56 Å². The van der Waals surface area contributed by atoms with Crippen LogP contribution in [0.1, 0.15) is 73.8 Å². The average Bonchev–Trinajstić information content (AvgIpc) is 2.81. The first-order chi connectivity index (χ1) is 18.4. The molecule has 0 saturated carbocycles. The van der Waals surface area contributed by atoms with Gasteiger partial charge in [0, 0.05) is 6.04 Å². The molecule has 0 unspecified atom stereocenters. The van der Waals surface area contributed by atoms with Crippen LogP contribution in [-0.2, 0) is 35.9 Å². The minimum atomic E-state index is -4.88. The number of alkyl carbamates (subject to hydrolysis) is 1. The lowest BCUT2D eigenvalue weighted by Gasteiger charge is -2.31. The normalized spacial score (nSPS) is 15.8. The molecule has 0 aromatic heterocycles. The van der Waals surface area contributed by atoms with Crippen LogP contribution in [0.25, 0.3) is 0 Å². The third kappa shape index (κ3) is 14.1. The zero-order valence-electron chi connectivity index (χ0n) is 24.8. The van der Waals surface area contributed by atoms with Gasteiger partial charge in [-0.3, -0.25) is 9.59 Å². The number of amides is 3. The van der Waals surface area contributed by atoms with Gasteiger partial charge in [-0.05, 0) is 51.5 Å². The Morgan fingerprint density at radius 2 is 1.50 bits per heavy atom. The highest BCUT2D eigenvalue weighted by Gasteiger charge is 2.35. The predicted molar refractivity (Wildman–Crippen MR) is 152 cm³/mol. The van der Waals surface area contributed by atoms with Gasteiger partial charge < -0.3 is 25.4 Å². The predicted octanol–water partition coefficient (Wildman–Crippen LogP) is 3.85. The number of hydrogen-bond donors (Lipinski definition) is 3. The molecule has 0 aliphatic heterocycles. The standard InChI is InChI=1S/C28H46FN3O7S/c1-9-19(4)23(32-27(35)39-28(6,7)8)25(33)31-24(20(5)38-16-21-13-11-10-12-14-21)26(34)30-22(15-18(2)3)17-40(29,36)37/h10-14,18-20,22-24H,9,15-17H2,1-8H3,(H,30,34)(H,31,33)(H,32,35)/t19-,20+,22-,23-,24-/m0/s1. The molecular weight excluding hydrogens is 541 g/mol. The monoisotopic (exact) mass is 587 g/mol. The lowest BCUT2D eigenvalue weighted by molar-refractivity contribution is -0.135. The van der Waals surface area contributed by atoms with Gasteiger partial charge in [0.15, 0.2) is 0 Å². The summed E-state index contributed by atoms with van der Waals surface area (Å²) in [5.41, 5.74) is 0.0513. The molecule has 1 aromatic carbocycles. The summed E-state index contributed by atoms with van der Waals surface area (Å²) >= 11 is 0. The molecule has 1 rings (SSSR count). The second kappa shape index (κ2) is 15.9. The molecule has 40 heavy (non-hydrogen) atoms. The number of ether oxygens (including phenoxy) is 2. The quantitative estimate of drug-likeness (QED) is 0.265. The largest absolute Gasteiger partial charge is 0.444 e. The van der Waals surface area contributed by atoms with E-state index in [9.17, 15) is 26.7 Å². The number of benzene rings is 1. The molecular formula is C28H46FN3O7S. The third-order valence-electron chi connectivity index (χ3n) is 6.08. The van der Waals surface area contributed by atoms with Gasteiger partial charge in [-0.1, -0.05) is 64.4 Å². The van der Waals surface area contributed by atoms with Crippen molar-refractivity contribution in [3.05, 3.63) is 35.9 Å². The van der Waals surface area contributed by atoms with Crippen LogP contribution < -0.4 is 16.0 Å². The lowest BCUT2D eigenvalue weighted by Crippen LogP contribution is -2.60. The highest BCUT2D eigenvalue weighted by Crippen LogP contribution is 2.14. The number of carbonyl (C=O) groups is 3. The molecule has 0 radical (unpaired) electrons. The Hall–Kier alpha value is -2.73. The Morgan fingerprint density at radius 3 is 2.00 bits per heavy atom. The van der Waals surface area contributed by atoms with E-state index in [2.05, 4.69) is 16.0 Å². The molecule has 12 heteroatoms. The fourth-order valence-corrected chi connectivity index (χ4v) is 4.64. The Kier molecular flexibility index (Phi) is 14.0. The topological polar surface area (TPSA) is 140 Å². The van der Waals surface area contributed by atoms with E-state index in [1.807, 2.05) is 51.1 Å². The Labute approximate surface area is 238 Å². The molecule has 0 fully saturated rings. The molecule has 10 nitrogen and oxygen atoms in total. The van der Waals surface area contributed by atoms with Crippen molar-refractivity contribution in [2.75, 3.05) is 5.75 Å². The zero-order chi connectivity index (χ0) is 30.7. The Balaban J connectivity index is 3.23. The van der Waals surface area contributed by atoms with E-state index in [0.29, 0.717) is 6.42 Å². The van der Waals surface area contributed by atoms with Crippen molar-refractivity contribution in [1.29, 1.82) is 0 Å². The summed E-state index contributed by atoms with van der Waals surface area (Å²) in [6, 6.07) is 5.88. The Bertz CT molecular complexity index is 1060. The van der Waals surface area contributed by atoms with Crippen molar-refractivity contribution >= 4 is 28.1 Å². The highest BCUT2D eigenvalue weighted by atomic mass is 32.3. The van der Waals surface area contributed by atoms with Crippen LogP contribution in [0.2, 0.25) is 0 Å². The summed E-state index contributed by atoms with van der Waals surface area (Å²) in [5.74, 6) is -2.63. The van der Waals surface area contributed by atoms with Gasteiger partial charge in [0.25, 0.3) is 0 Å². The van der Waals surface area contributed by atoms with Gasteiger partial charge in [-0.15, -0.1) is 3.89 Å². The van der Waals surface area contributed by atoms with E-state index in [-0.39, 0.29) is 24.9 Å².